The highest BCUT2D eigenvalue weighted by Crippen LogP contribution is 2.26. The van der Waals surface area contributed by atoms with Gasteiger partial charge in [-0.3, -0.25) is 9.69 Å². The quantitative estimate of drug-likeness (QED) is 0.543. The first-order valence-electron chi connectivity index (χ1n) is 9.71. The van der Waals surface area contributed by atoms with Gasteiger partial charge in [-0.15, -0.1) is 11.3 Å². The average molecular weight is 432 g/mol. The number of carboxylic acids is 1. The number of carboxylic acid groups (broad SMARTS) is 1. The number of aliphatic imine (C=N–C) groups is 1. The van der Waals surface area contributed by atoms with Crippen LogP contribution >= 0.6 is 11.3 Å². The van der Waals surface area contributed by atoms with Crippen LogP contribution in [0.3, 0.4) is 0 Å². The highest BCUT2D eigenvalue weighted by Gasteiger charge is 2.21. The summed E-state index contributed by atoms with van der Waals surface area (Å²) < 4.78 is 4.79. The van der Waals surface area contributed by atoms with Gasteiger partial charge in [0.1, 0.15) is 6.61 Å². The van der Waals surface area contributed by atoms with Crippen molar-refractivity contribution in [2.24, 2.45) is 10.7 Å². The van der Waals surface area contributed by atoms with Crippen molar-refractivity contribution in [3.05, 3.63) is 35.2 Å². The zero-order chi connectivity index (χ0) is 21.3. The topological polar surface area (TPSA) is 130 Å². The Labute approximate surface area is 178 Å². The van der Waals surface area contributed by atoms with E-state index in [0.29, 0.717) is 6.04 Å². The number of ether oxygens (including phenoxy) is 1. The first-order valence-corrected chi connectivity index (χ1v) is 10.6. The Hall–Kier alpha value is -2.82. The average Bonchev–Trinajstić information content (AvgIpc) is 3.20. The maximum absolute atomic E-state index is 11.4. The Morgan fingerprint density at radius 2 is 2.07 bits per heavy atom. The zero-order valence-corrected chi connectivity index (χ0v) is 17.3. The van der Waals surface area contributed by atoms with Crippen LogP contribution in [0.15, 0.2) is 34.6 Å². The molecule has 2 aromatic rings. The van der Waals surface area contributed by atoms with Crippen LogP contribution in [0.5, 0.6) is 0 Å². The summed E-state index contributed by atoms with van der Waals surface area (Å²) in [4.78, 5) is 32.5. The number of piperidine rings is 1. The number of amides is 1. The molecule has 1 aliphatic rings. The predicted octanol–water partition coefficient (Wildman–Crippen LogP) is 2.29. The van der Waals surface area contributed by atoms with E-state index in [9.17, 15) is 9.59 Å². The van der Waals surface area contributed by atoms with E-state index >= 15 is 0 Å². The number of rotatable bonds is 8. The molecule has 9 nitrogen and oxygen atoms in total. The molecule has 1 fully saturated rings. The van der Waals surface area contributed by atoms with Crippen LogP contribution in [0.4, 0.5) is 9.93 Å². The number of likely N-dealkylation sites (tertiary alicyclic amines) is 1. The number of nitrogens with one attached hydrogen (secondary N) is 1. The van der Waals surface area contributed by atoms with Gasteiger partial charge in [0.2, 0.25) is 0 Å². The van der Waals surface area contributed by atoms with E-state index in [2.05, 4.69) is 15.3 Å². The second-order valence-corrected chi connectivity index (χ2v) is 7.77. The van der Waals surface area contributed by atoms with Crippen LogP contribution in [-0.4, -0.2) is 72.1 Å². The lowest BCUT2D eigenvalue weighted by Crippen LogP contribution is -2.41. The minimum Gasteiger partial charge on any atom is -0.480 e. The molecule has 2 heterocycles. The minimum atomic E-state index is -0.783. The van der Waals surface area contributed by atoms with Crippen LogP contribution in [0.1, 0.15) is 18.4 Å². The van der Waals surface area contributed by atoms with Gasteiger partial charge in [-0.2, -0.15) is 4.99 Å². The van der Waals surface area contributed by atoms with E-state index in [1.807, 2.05) is 34.5 Å². The van der Waals surface area contributed by atoms with E-state index in [0.717, 1.165) is 47.9 Å². The SMILES string of the molecule is NCCOC(=O)N=Cc1ccc(-c2csc(NC3CCN(CC(=O)O)CC3)n2)cc1. The molecule has 0 spiro atoms. The monoisotopic (exact) mass is 431 g/mol. The maximum atomic E-state index is 11.4. The molecule has 10 heteroatoms. The van der Waals surface area contributed by atoms with Crippen molar-refractivity contribution in [3.63, 3.8) is 0 Å². The van der Waals surface area contributed by atoms with Crippen molar-refractivity contribution in [2.75, 3.05) is 38.1 Å². The third kappa shape index (κ3) is 6.61. The fourth-order valence-corrected chi connectivity index (χ4v) is 3.92. The van der Waals surface area contributed by atoms with Crippen LogP contribution in [-0.2, 0) is 9.53 Å². The van der Waals surface area contributed by atoms with Gasteiger partial charge in [-0.25, -0.2) is 9.78 Å². The van der Waals surface area contributed by atoms with E-state index in [-0.39, 0.29) is 19.7 Å². The molecular weight excluding hydrogens is 406 g/mol. The summed E-state index contributed by atoms with van der Waals surface area (Å²) in [5.74, 6) is -0.783. The number of aromatic nitrogens is 1. The van der Waals surface area contributed by atoms with Crippen molar-refractivity contribution < 1.29 is 19.4 Å². The summed E-state index contributed by atoms with van der Waals surface area (Å²) in [6.07, 6.45) is 2.58. The van der Waals surface area contributed by atoms with Crippen molar-refractivity contribution in [1.82, 2.24) is 9.88 Å². The molecule has 0 saturated carbocycles. The molecule has 1 saturated heterocycles. The molecule has 4 N–H and O–H groups in total. The lowest BCUT2D eigenvalue weighted by Gasteiger charge is -2.31. The Kier molecular flexibility index (Phi) is 7.89. The van der Waals surface area contributed by atoms with Crippen LogP contribution < -0.4 is 11.1 Å². The minimum absolute atomic E-state index is 0.101. The molecule has 160 valence electrons. The second-order valence-electron chi connectivity index (χ2n) is 6.91. The molecule has 0 radical (unpaired) electrons. The molecule has 30 heavy (non-hydrogen) atoms. The molecule has 0 atom stereocenters. The third-order valence-electron chi connectivity index (χ3n) is 4.65. The molecule has 3 rings (SSSR count). The number of hydrogen-bond donors (Lipinski definition) is 3. The van der Waals surface area contributed by atoms with Crippen LogP contribution in [0.2, 0.25) is 0 Å². The summed E-state index contributed by atoms with van der Waals surface area (Å²) in [6.45, 7) is 2.06. The van der Waals surface area contributed by atoms with Gasteiger partial charge >= 0.3 is 12.1 Å². The Morgan fingerprint density at radius 1 is 1.33 bits per heavy atom. The number of benzene rings is 1. The van der Waals surface area contributed by atoms with Crippen molar-refractivity contribution in [2.45, 2.75) is 18.9 Å². The van der Waals surface area contributed by atoms with Gasteiger partial charge in [-0.05, 0) is 18.4 Å². The lowest BCUT2D eigenvalue weighted by molar-refractivity contribution is -0.138. The van der Waals surface area contributed by atoms with Crippen molar-refractivity contribution >= 4 is 34.7 Å². The number of nitrogens with two attached hydrogens (primary N) is 1. The predicted molar refractivity (Wildman–Crippen MR) is 116 cm³/mol. The summed E-state index contributed by atoms with van der Waals surface area (Å²) in [6, 6.07) is 7.87. The van der Waals surface area contributed by atoms with Gasteiger partial charge in [0.25, 0.3) is 0 Å². The second kappa shape index (κ2) is 10.8. The molecular formula is C20H25N5O4S. The number of anilines is 1. The molecule has 1 aromatic carbocycles. The Balaban J connectivity index is 1.52. The summed E-state index contributed by atoms with van der Waals surface area (Å²) in [5.41, 5.74) is 7.90. The summed E-state index contributed by atoms with van der Waals surface area (Å²) >= 11 is 1.55. The third-order valence-corrected chi connectivity index (χ3v) is 5.42. The molecule has 0 unspecified atom stereocenters. The fourth-order valence-electron chi connectivity index (χ4n) is 3.12. The van der Waals surface area contributed by atoms with Crippen LogP contribution in [0, 0.1) is 0 Å². The van der Waals surface area contributed by atoms with E-state index in [1.54, 1.807) is 11.3 Å². The number of aliphatic carboxylic acids is 1. The van der Waals surface area contributed by atoms with Crippen LogP contribution in [0.25, 0.3) is 11.3 Å². The Morgan fingerprint density at radius 3 is 2.73 bits per heavy atom. The largest absolute Gasteiger partial charge is 0.480 e. The number of carbonyl (C=O) groups excluding carboxylic acids is 1. The Bertz CT molecular complexity index is 876. The van der Waals surface area contributed by atoms with E-state index < -0.39 is 12.1 Å². The summed E-state index contributed by atoms with van der Waals surface area (Å²) in [7, 11) is 0. The smallest absolute Gasteiger partial charge is 0.433 e. The zero-order valence-electron chi connectivity index (χ0n) is 16.5. The highest BCUT2D eigenvalue weighted by atomic mass is 32.1. The molecule has 0 bridgehead atoms. The molecule has 1 aliphatic heterocycles. The molecule has 1 aromatic heterocycles. The number of carbonyl (C=O) groups is 2. The number of nitrogens with zero attached hydrogens (tertiary/aromatic N) is 3. The van der Waals surface area contributed by atoms with Gasteiger partial charge in [-0.1, -0.05) is 24.3 Å². The number of hydrogen-bond acceptors (Lipinski definition) is 8. The molecule has 0 aliphatic carbocycles. The van der Waals surface area contributed by atoms with Gasteiger partial charge in [0, 0.05) is 42.8 Å². The van der Waals surface area contributed by atoms with Crippen molar-refractivity contribution in [3.8, 4) is 11.3 Å². The van der Waals surface area contributed by atoms with Crippen molar-refractivity contribution in [1.29, 1.82) is 0 Å². The number of thiazole rings is 1. The van der Waals surface area contributed by atoms with E-state index in [1.165, 1.54) is 6.21 Å². The van der Waals surface area contributed by atoms with Gasteiger partial charge in [0.15, 0.2) is 5.13 Å². The normalized spacial score (nSPS) is 15.4. The lowest BCUT2D eigenvalue weighted by atomic mass is 10.1. The first-order chi connectivity index (χ1) is 14.5. The fraction of sp³-hybridized carbons (Fsp3) is 0.400. The highest BCUT2D eigenvalue weighted by molar-refractivity contribution is 7.14. The first kappa shape index (κ1) is 21.9. The van der Waals surface area contributed by atoms with Gasteiger partial charge in [0.05, 0.1) is 12.2 Å². The molecule has 1 amide bonds. The summed E-state index contributed by atoms with van der Waals surface area (Å²) in [5, 5.41) is 15.2. The maximum Gasteiger partial charge on any atom is 0.433 e. The standard InChI is InChI=1S/C20H25N5O4S/c21-7-10-29-20(28)22-11-14-1-3-15(4-2-14)17-13-30-19(24-17)23-16-5-8-25(9-6-16)12-18(26)27/h1-4,11,13,16H,5-10,12,21H2,(H,23,24)(H,26,27). The van der Waals surface area contributed by atoms with E-state index in [4.69, 9.17) is 15.6 Å². The van der Waals surface area contributed by atoms with Gasteiger partial charge < -0.3 is 20.9 Å².